The smallest absolute Gasteiger partial charge is 0.256 e. The Bertz CT molecular complexity index is 1480. The number of fused-ring (bicyclic) bond motifs is 1. The standard InChI is InChI=1S/C20H12F3N3O3S/c1-30(28,29)20-24-18(12-7-6-11(21)10-15(12)23)13-8-9-17(27)26(19(13)25-20)16-5-3-2-4-14(16)22/h2-10H,1H3. The minimum absolute atomic E-state index is 0.0794. The Morgan fingerprint density at radius 1 is 0.900 bits per heavy atom. The van der Waals surface area contributed by atoms with Crippen LogP contribution in [0.3, 0.4) is 0 Å². The molecule has 10 heteroatoms. The van der Waals surface area contributed by atoms with Crippen LogP contribution in [0.25, 0.3) is 28.0 Å². The van der Waals surface area contributed by atoms with Gasteiger partial charge < -0.3 is 0 Å². The predicted octanol–water partition coefficient (Wildman–Crippen LogP) is 3.27. The van der Waals surface area contributed by atoms with Crippen LogP contribution in [0.5, 0.6) is 0 Å². The maximum atomic E-state index is 14.5. The van der Waals surface area contributed by atoms with Crippen molar-refractivity contribution in [2.75, 3.05) is 6.26 Å². The Balaban J connectivity index is 2.21. The lowest BCUT2D eigenvalue weighted by Gasteiger charge is -2.14. The number of benzene rings is 2. The van der Waals surface area contributed by atoms with Gasteiger partial charge in [0.25, 0.3) is 5.56 Å². The van der Waals surface area contributed by atoms with Crippen LogP contribution in [-0.2, 0) is 9.84 Å². The topological polar surface area (TPSA) is 81.9 Å². The molecule has 2 heterocycles. The third-order valence-corrected chi connectivity index (χ3v) is 5.19. The van der Waals surface area contributed by atoms with E-state index in [4.69, 9.17) is 0 Å². The Morgan fingerprint density at radius 3 is 2.30 bits per heavy atom. The van der Waals surface area contributed by atoms with Gasteiger partial charge in [-0.25, -0.2) is 26.6 Å². The second-order valence-corrected chi connectivity index (χ2v) is 8.36. The van der Waals surface area contributed by atoms with Gasteiger partial charge in [0.1, 0.15) is 17.5 Å². The minimum atomic E-state index is -4.00. The molecule has 0 N–H and O–H groups in total. The number of pyridine rings is 1. The van der Waals surface area contributed by atoms with Crippen molar-refractivity contribution < 1.29 is 21.6 Å². The molecule has 2 aromatic carbocycles. The molecule has 0 amide bonds. The normalized spacial score (nSPS) is 11.7. The molecule has 0 aliphatic heterocycles. The number of sulfone groups is 1. The van der Waals surface area contributed by atoms with Gasteiger partial charge in [-0.2, -0.15) is 4.98 Å². The van der Waals surface area contributed by atoms with E-state index in [2.05, 4.69) is 9.97 Å². The fourth-order valence-electron chi connectivity index (χ4n) is 3.01. The summed E-state index contributed by atoms with van der Waals surface area (Å²) in [5.74, 6) is -2.57. The van der Waals surface area contributed by atoms with Crippen LogP contribution in [0.15, 0.2) is 64.5 Å². The minimum Gasteiger partial charge on any atom is -0.269 e. The first-order valence-electron chi connectivity index (χ1n) is 8.51. The fraction of sp³-hybridized carbons (Fsp3) is 0.0500. The third kappa shape index (κ3) is 3.35. The van der Waals surface area contributed by atoms with E-state index in [1.165, 1.54) is 24.3 Å². The summed E-state index contributed by atoms with van der Waals surface area (Å²) in [4.78, 5) is 20.5. The molecule has 0 saturated carbocycles. The molecule has 30 heavy (non-hydrogen) atoms. The van der Waals surface area contributed by atoms with E-state index >= 15 is 0 Å². The lowest BCUT2D eigenvalue weighted by atomic mass is 10.1. The third-order valence-electron chi connectivity index (χ3n) is 4.34. The van der Waals surface area contributed by atoms with Gasteiger partial charge in [-0.1, -0.05) is 12.1 Å². The summed E-state index contributed by atoms with van der Waals surface area (Å²) in [6, 6.07) is 10.4. The zero-order valence-electron chi connectivity index (χ0n) is 15.3. The fourth-order valence-corrected chi connectivity index (χ4v) is 3.52. The van der Waals surface area contributed by atoms with Crippen molar-refractivity contribution in [1.29, 1.82) is 0 Å². The van der Waals surface area contributed by atoms with Crippen molar-refractivity contribution in [3.8, 4) is 16.9 Å². The lowest BCUT2D eigenvalue weighted by molar-refractivity contribution is 0.583. The number of hydrogen-bond donors (Lipinski definition) is 0. The molecule has 0 spiro atoms. The average Bonchev–Trinajstić information content (AvgIpc) is 2.67. The predicted molar refractivity (Wildman–Crippen MR) is 104 cm³/mol. The van der Waals surface area contributed by atoms with Crippen molar-refractivity contribution >= 4 is 20.9 Å². The molecule has 0 fully saturated rings. The Labute approximate surface area is 168 Å². The van der Waals surface area contributed by atoms with E-state index in [0.717, 1.165) is 35.1 Å². The Kier molecular flexibility index (Phi) is 4.65. The SMILES string of the molecule is CS(=O)(=O)c1nc(-c2ccc(F)cc2F)c2ccc(=O)n(-c3ccccc3F)c2n1. The van der Waals surface area contributed by atoms with Crippen LogP contribution < -0.4 is 5.56 Å². The molecule has 4 rings (SSSR count). The summed E-state index contributed by atoms with van der Waals surface area (Å²) < 4.78 is 67.5. The van der Waals surface area contributed by atoms with E-state index in [1.54, 1.807) is 0 Å². The van der Waals surface area contributed by atoms with E-state index in [0.29, 0.717) is 6.07 Å². The number of rotatable bonds is 3. The van der Waals surface area contributed by atoms with Gasteiger partial charge in [0, 0.05) is 29.3 Å². The molecule has 4 aromatic rings. The van der Waals surface area contributed by atoms with Crippen molar-refractivity contribution in [3.63, 3.8) is 0 Å². The van der Waals surface area contributed by atoms with Gasteiger partial charge in [0.15, 0.2) is 5.65 Å². The first-order valence-corrected chi connectivity index (χ1v) is 10.4. The molecule has 0 aliphatic rings. The molecule has 0 bridgehead atoms. The molecule has 0 unspecified atom stereocenters. The average molecular weight is 431 g/mol. The first-order chi connectivity index (χ1) is 14.2. The van der Waals surface area contributed by atoms with Gasteiger partial charge in [-0.05, 0) is 30.3 Å². The molecule has 152 valence electrons. The molecular weight excluding hydrogens is 419 g/mol. The zero-order chi connectivity index (χ0) is 21.6. The monoisotopic (exact) mass is 431 g/mol. The van der Waals surface area contributed by atoms with Crippen LogP contribution in [0.2, 0.25) is 0 Å². The van der Waals surface area contributed by atoms with Gasteiger partial charge >= 0.3 is 0 Å². The Hall–Kier alpha value is -3.53. The van der Waals surface area contributed by atoms with Crippen LogP contribution in [0.1, 0.15) is 0 Å². The molecule has 0 aliphatic carbocycles. The van der Waals surface area contributed by atoms with Crippen LogP contribution in [0, 0.1) is 17.5 Å². The maximum Gasteiger partial charge on any atom is 0.256 e. The van der Waals surface area contributed by atoms with E-state index < -0.39 is 38.0 Å². The van der Waals surface area contributed by atoms with Crippen molar-refractivity contribution in [2.45, 2.75) is 5.16 Å². The van der Waals surface area contributed by atoms with Gasteiger partial charge in [0.05, 0.1) is 11.4 Å². The maximum absolute atomic E-state index is 14.5. The van der Waals surface area contributed by atoms with Crippen molar-refractivity contribution in [1.82, 2.24) is 14.5 Å². The highest BCUT2D eigenvalue weighted by molar-refractivity contribution is 7.90. The van der Waals surface area contributed by atoms with Gasteiger partial charge in [-0.3, -0.25) is 9.36 Å². The zero-order valence-corrected chi connectivity index (χ0v) is 16.1. The van der Waals surface area contributed by atoms with Gasteiger partial charge in [-0.15, -0.1) is 0 Å². The number of nitrogens with zero attached hydrogens (tertiary/aromatic N) is 3. The van der Waals surface area contributed by atoms with Gasteiger partial charge in [0.2, 0.25) is 15.0 Å². The molecule has 6 nitrogen and oxygen atoms in total. The molecule has 2 aromatic heterocycles. The molecule has 0 saturated heterocycles. The number of aromatic nitrogens is 3. The van der Waals surface area contributed by atoms with Crippen LogP contribution >= 0.6 is 0 Å². The first kappa shape index (κ1) is 19.8. The highest BCUT2D eigenvalue weighted by atomic mass is 32.2. The van der Waals surface area contributed by atoms with Crippen LogP contribution in [0.4, 0.5) is 13.2 Å². The summed E-state index contributed by atoms with van der Waals surface area (Å²) in [5.41, 5.74) is -1.47. The summed E-state index contributed by atoms with van der Waals surface area (Å²) >= 11 is 0. The van der Waals surface area contributed by atoms with Crippen molar-refractivity contribution in [3.05, 3.63) is 82.4 Å². The van der Waals surface area contributed by atoms with E-state index in [-0.39, 0.29) is 28.0 Å². The molecule has 0 radical (unpaired) electrons. The molecular formula is C20H12F3N3O3S. The van der Waals surface area contributed by atoms with Crippen molar-refractivity contribution in [2.24, 2.45) is 0 Å². The Morgan fingerprint density at radius 2 is 1.63 bits per heavy atom. The summed E-state index contributed by atoms with van der Waals surface area (Å²) in [6.45, 7) is 0. The number of hydrogen-bond acceptors (Lipinski definition) is 5. The number of para-hydroxylation sites is 1. The summed E-state index contributed by atoms with van der Waals surface area (Å²) in [5, 5.41) is -0.611. The van der Waals surface area contributed by atoms with E-state index in [9.17, 15) is 26.4 Å². The van der Waals surface area contributed by atoms with Crippen LogP contribution in [-0.4, -0.2) is 29.2 Å². The number of halogens is 3. The highest BCUT2D eigenvalue weighted by Gasteiger charge is 2.22. The molecule has 0 atom stereocenters. The summed E-state index contributed by atoms with van der Waals surface area (Å²) in [7, 11) is -4.00. The van der Waals surface area contributed by atoms with E-state index in [1.807, 2.05) is 0 Å². The lowest BCUT2D eigenvalue weighted by Crippen LogP contribution is -2.21. The highest BCUT2D eigenvalue weighted by Crippen LogP contribution is 2.30. The second kappa shape index (κ2) is 7.06. The second-order valence-electron chi connectivity index (χ2n) is 6.45. The quantitative estimate of drug-likeness (QED) is 0.465. The summed E-state index contributed by atoms with van der Waals surface area (Å²) in [6.07, 6.45) is 0.841. The largest absolute Gasteiger partial charge is 0.269 e.